The number of anilines is 1. The lowest BCUT2D eigenvalue weighted by molar-refractivity contribution is -0.119. The van der Waals surface area contributed by atoms with Crippen LogP contribution in [0.1, 0.15) is 32.1 Å². The molecule has 35 heavy (non-hydrogen) atoms. The molecule has 0 saturated carbocycles. The highest BCUT2D eigenvalue weighted by atomic mass is 32.1. The largest absolute Gasteiger partial charge is 0.343 e. The number of fused-ring (bicyclic) bond motifs is 1. The van der Waals surface area contributed by atoms with Crippen molar-refractivity contribution < 1.29 is 9.59 Å². The lowest BCUT2D eigenvalue weighted by Crippen LogP contribution is -2.45. The monoisotopic (exact) mass is 485 g/mol. The number of aromatic nitrogens is 2. The van der Waals surface area contributed by atoms with Gasteiger partial charge >= 0.3 is 0 Å². The summed E-state index contributed by atoms with van der Waals surface area (Å²) in [5.41, 5.74) is 5.60. The Hall–Kier alpha value is -3.75. The summed E-state index contributed by atoms with van der Waals surface area (Å²) in [5, 5.41) is 13.6. The number of aromatic amines is 1. The van der Waals surface area contributed by atoms with Crippen LogP contribution in [0.25, 0.3) is 23.1 Å². The molecule has 7 nitrogen and oxygen atoms in total. The van der Waals surface area contributed by atoms with Crippen LogP contribution in [0.3, 0.4) is 0 Å². The number of thiophene rings is 1. The molecule has 5 rings (SSSR count). The van der Waals surface area contributed by atoms with Gasteiger partial charge in [0.1, 0.15) is 0 Å². The molecule has 1 saturated heterocycles. The van der Waals surface area contributed by atoms with Crippen LogP contribution in [0.4, 0.5) is 5.69 Å². The van der Waals surface area contributed by atoms with E-state index in [4.69, 9.17) is 0 Å². The van der Waals surface area contributed by atoms with Crippen molar-refractivity contribution in [3.8, 4) is 0 Å². The van der Waals surface area contributed by atoms with Crippen LogP contribution in [0.5, 0.6) is 0 Å². The van der Waals surface area contributed by atoms with E-state index in [-0.39, 0.29) is 5.91 Å². The normalized spacial score (nSPS) is 14.6. The third-order valence-corrected chi connectivity index (χ3v) is 7.33. The van der Waals surface area contributed by atoms with Crippen LogP contribution < -0.4 is 5.32 Å². The van der Waals surface area contributed by atoms with E-state index in [1.165, 1.54) is 11.3 Å². The average Bonchev–Trinajstić information content (AvgIpc) is 3.50. The van der Waals surface area contributed by atoms with Crippen molar-refractivity contribution >= 4 is 52.4 Å². The number of amides is 2. The van der Waals surface area contributed by atoms with Crippen LogP contribution in [-0.2, 0) is 11.3 Å². The third-order valence-electron chi connectivity index (χ3n) is 6.32. The zero-order valence-electron chi connectivity index (χ0n) is 19.5. The van der Waals surface area contributed by atoms with Gasteiger partial charge in [-0.05, 0) is 53.3 Å². The average molecular weight is 486 g/mol. The number of nitrogens with one attached hydrogen (secondary N) is 2. The maximum Gasteiger partial charge on any atom is 0.266 e. The number of nitrogens with zero attached hydrogens (tertiary/aromatic N) is 3. The number of aryl methyl sites for hydroxylation is 1. The van der Waals surface area contributed by atoms with Crippen LogP contribution >= 0.6 is 11.3 Å². The van der Waals surface area contributed by atoms with Crippen LogP contribution in [-0.4, -0.2) is 58.5 Å². The predicted molar refractivity (Wildman–Crippen MR) is 141 cm³/mol. The van der Waals surface area contributed by atoms with E-state index in [0.717, 1.165) is 78.1 Å². The summed E-state index contributed by atoms with van der Waals surface area (Å²) in [6.07, 6.45) is 4.88. The number of carbonyl (C=O) groups is 2. The molecule has 1 aliphatic heterocycles. The van der Waals surface area contributed by atoms with E-state index in [0.29, 0.717) is 4.88 Å². The number of para-hydroxylation sites is 1. The van der Waals surface area contributed by atoms with Gasteiger partial charge in [0.15, 0.2) is 0 Å². The first-order valence-corrected chi connectivity index (χ1v) is 12.5. The molecule has 2 N–H and O–H groups in total. The van der Waals surface area contributed by atoms with Gasteiger partial charge < -0.3 is 10.2 Å². The first kappa shape index (κ1) is 23.0. The smallest absolute Gasteiger partial charge is 0.266 e. The topological polar surface area (TPSA) is 81.3 Å². The van der Waals surface area contributed by atoms with Gasteiger partial charge in [0.2, 0.25) is 6.41 Å². The van der Waals surface area contributed by atoms with Crippen LogP contribution in [0.2, 0.25) is 0 Å². The Morgan fingerprint density at radius 2 is 1.94 bits per heavy atom. The Labute approximate surface area is 208 Å². The number of piperazine rings is 1. The summed E-state index contributed by atoms with van der Waals surface area (Å²) < 4.78 is 0. The summed E-state index contributed by atoms with van der Waals surface area (Å²) in [5.74, 6) is -0.103. The zero-order valence-corrected chi connectivity index (χ0v) is 20.3. The minimum absolute atomic E-state index is 0.103. The fraction of sp³-hybridized carbons (Fsp3) is 0.222. The first-order chi connectivity index (χ1) is 17.1. The zero-order chi connectivity index (χ0) is 24.2. The lowest BCUT2D eigenvalue weighted by Gasteiger charge is -2.32. The summed E-state index contributed by atoms with van der Waals surface area (Å²) in [4.78, 5) is 28.9. The molecule has 1 fully saturated rings. The molecule has 0 bridgehead atoms. The fourth-order valence-electron chi connectivity index (χ4n) is 4.31. The molecule has 4 aromatic rings. The summed E-state index contributed by atoms with van der Waals surface area (Å²) >= 11 is 1.44. The first-order valence-electron chi connectivity index (χ1n) is 11.6. The number of carbonyl (C=O) groups excluding carboxylic acids is 2. The molecule has 0 spiro atoms. The van der Waals surface area contributed by atoms with Gasteiger partial charge in [-0.15, -0.1) is 11.3 Å². The standard InChI is InChI=1S/C27H27N5O2S/c1-19-10-15-35-26(19)27(34)28-25-16-20(17-31-11-13-32(18-33)14-12-31)6-7-21(25)8-9-24-22-4-2-3-5-23(22)29-30-24/h2-10,15-16,18H,11-14,17H2,1H3,(H,28,34)(H,29,30)/b9-8+. The van der Waals surface area contributed by atoms with Crippen molar-refractivity contribution in [3.05, 3.63) is 81.2 Å². The van der Waals surface area contributed by atoms with Gasteiger partial charge in [-0.25, -0.2) is 0 Å². The number of hydrogen-bond donors (Lipinski definition) is 2. The molecule has 1 aliphatic rings. The lowest BCUT2D eigenvalue weighted by atomic mass is 10.1. The molecule has 8 heteroatoms. The van der Waals surface area contributed by atoms with E-state index < -0.39 is 0 Å². The second-order valence-corrected chi connectivity index (χ2v) is 9.63. The second-order valence-electron chi connectivity index (χ2n) is 8.71. The number of H-pyrrole nitrogens is 1. The predicted octanol–water partition coefficient (Wildman–Crippen LogP) is 4.63. The van der Waals surface area contributed by atoms with E-state index in [1.54, 1.807) is 4.90 Å². The van der Waals surface area contributed by atoms with E-state index in [1.807, 2.05) is 60.9 Å². The number of rotatable bonds is 7. The van der Waals surface area contributed by atoms with Crippen molar-refractivity contribution in [1.82, 2.24) is 20.0 Å². The van der Waals surface area contributed by atoms with Crippen molar-refractivity contribution in [1.29, 1.82) is 0 Å². The van der Waals surface area contributed by atoms with Crippen LogP contribution in [0.15, 0.2) is 53.9 Å². The maximum absolute atomic E-state index is 13.0. The number of benzene rings is 2. The Morgan fingerprint density at radius 3 is 2.71 bits per heavy atom. The highest BCUT2D eigenvalue weighted by Gasteiger charge is 2.17. The summed E-state index contributed by atoms with van der Waals surface area (Å²) in [7, 11) is 0. The van der Waals surface area contributed by atoms with Gasteiger partial charge in [-0.3, -0.25) is 19.6 Å². The van der Waals surface area contributed by atoms with Crippen molar-refractivity contribution in [2.75, 3.05) is 31.5 Å². The molecule has 0 unspecified atom stereocenters. The Bertz CT molecular complexity index is 1380. The molecular formula is C27H27N5O2S. The third kappa shape index (κ3) is 5.18. The van der Waals surface area contributed by atoms with Crippen molar-refractivity contribution in [3.63, 3.8) is 0 Å². The molecule has 0 atom stereocenters. The van der Waals surface area contributed by atoms with Gasteiger partial charge in [0.25, 0.3) is 5.91 Å². The van der Waals surface area contributed by atoms with Gasteiger partial charge in [0.05, 0.1) is 16.1 Å². The Balaban J connectivity index is 1.41. The van der Waals surface area contributed by atoms with E-state index in [2.05, 4.69) is 32.5 Å². The summed E-state index contributed by atoms with van der Waals surface area (Å²) in [6.45, 7) is 5.86. The molecule has 2 aromatic heterocycles. The minimum Gasteiger partial charge on any atom is -0.343 e. The van der Waals surface area contributed by atoms with Crippen molar-refractivity contribution in [2.24, 2.45) is 0 Å². The van der Waals surface area contributed by atoms with Gasteiger partial charge in [-0.1, -0.05) is 36.4 Å². The second kappa shape index (κ2) is 10.2. The Morgan fingerprint density at radius 1 is 1.11 bits per heavy atom. The molecule has 2 amide bonds. The summed E-state index contributed by atoms with van der Waals surface area (Å²) in [6, 6.07) is 16.2. The van der Waals surface area contributed by atoms with Crippen LogP contribution in [0, 0.1) is 6.92 Å². The van der Waals surface area contributed by atoms with E-state index >= 15 is 0 Å². The highest BCUT2D eigenvalue weighted by Crippen LogP contribution is 2.25. The molecule has 0 aliphatic carbocycles. The molecular weight excluding hydrogens is 458 g/mol. The van der Waals surface area contributed by atoms with Gasteiger partial charge in [-0.2, -0.15) is 5.10 Å². The van der Waals surface area contributed by atoms with Crippen molar-refractivity contribution in [2.45, 2.75) is 13.5 Å². The molecule has 2 aromatic carbocycles. The Kier molecular flexibility index (Phi) is 6.74. The molecule has 178 valence electrons. The fourth-order valence-corrected chi connectivity index (χ4v) is 5.13. The quantitative estimate of drug-likeness (QED) is 0.374. The maximum atomic E-state index is 13.0. The van der Waals surface area contributed by atoms with E-state index in [9.17, 15) is 9.59 Å². The minimum atomic E-state index is -0.103. The number of hydrogen-bond acceptors (Lipinski definition) is 5. The highest BCUT2D eigenvalue weighted by molar-refractivity contribution is 7.12. The van der Waals surface area contributed by atoms with Gasteiger partial charge in [0, 0.05) is 43.8 Å². The molecule has 3 heterocycles. The SMILES string of the molecule is Cc1ccsc1C(=O)Nc1cc(CN2CCN(C=O)CC2)ccc1/C=C/c1n[nH]c2ccccc12. The molecule has 0 radical (unpaired) electrons.